The molecule has 2 aromatic carbocycles. The Hall–Kier alpha value is -2.70. The molecule has 0 atom stereocenters. The maximum atomic E-state index is 13.5. The van der Waals surface area contributed by atoms with E-state index in [1.54, 1.807) is 0 Å². The molecule has 0 aromatic heterocycles. The molecule has 0 aliphatic rings. The van der Waals surface area contributed by atoms with E-state index in [2.05, 4.69) is 0 Å². The monoisotopic (exact) mass is 290 g/mol. The second-order valence-electron chi connectivity index (χ2n) is 4.02. The van der Waals surface area contributed by atoms with Gasteiger partial charge in [-0.1, -0.05) is 0 Å². The van der Waals surface area contributed by atoms with Crippen molar-refractivity contribution in [2.75, 3.05) is 0 Å². The summed E-state index contributed by atoms with van der Waals surface area (Å²) < 4.78 is 37.0. The van der Waals surface area contributed by atoms with E-state index in [1.165, 1.54) is 24.3 Å². The summed E-state index contributed by atoms with van der Waals surface area (Å²) in [6, 6.07) is 7.34. The molecule has 0 saturated heterocycles. The van der Waals surface area contributed by atoms with E-state index < -0.39 is 19.3 Å². The quantitative estimate of drug-likeness (QED) is 0.605. The van der Waals surface area contributed by atoms with E-state index in [0.29, 0.717) is 12.6 Å². The highest BCUT2D eigenvalue weighted by molar-refractivity contribution is 6.20. The van der Waals surface area contributed by atoms with E-state index in [4.69, 9.17) is 9.31 Å². The van der Waals surface area contributed by atoms with Gasteiger partial charge in [0.25, 0.3) is 0 Å². The molecule has 0 radical (unpaired) electrons. The predicted octanol–water partition coefficient (Wildman–Crippen LogP) is 2.31. The largest absolute Gasteiger partial charge is 0.576 e. The van der Waals surface area contributed by atoms with E-state index in [-0.39, 0.29) is 22.6 Å². The lowest BCUT2D eigenvalue weighted by Gasteiger charge is -2.09. The lowest BCUT2D eigenvalue weighted by Crippen LogP contribution is -2.12. The summed E-state index contributed by atoms with van der Waals surface area (Å²) in [6.45, 7) is 0. The van der Waals surface area contributed by atoms with E-state index >= 15 is 0 Å². The van der Waals surface area contributed by atoms with Crippen molar-refractivity contribution in [3.63, 3.8) is 0 Å². The molecule has 0 saturated carbocycles. The van der Waals surface area contributed by atoms with Gasteiger partial charge in [-0.3, -0.25) is 9.59 Å². The summed E-state index contributed by atoms with van der Waals surface area (Å²) in [5.41, 5.74) is 0.354. The summed E-state index contributed by atoms with van der Waals surface area (Å²) in [5.74, 6) is -1.68. The lowest BCUT2D eigenvalue weighted by molar-refractivity contribution is 0.111. The third kappa shape index (κ3) is 3.65. The van der Waals surface area contributed by atoms with Crippen LogP contribution in [-0.4, -0.2) is 20.3 Å². The number of rotatable bonds is 6. The third-order valence-electron chi connectivity index (χ3n) is 2.61. The minimum atomic E-state index is -0.722. The molecule has 0 fully saturated rings. The summed E-state index contributed by atoms with van der Waals surface area (Å²) in [6.07, 6.45) is 1.01. The second kappa shape index (κ2) is 6.65. The molecule has 0 N–H and O–H groups in total. The van der Waals surface area contributed by atoms with Crippen LogP contribution in [0, 0.1) is 11.6 Å². The summed E-state index contributed by atoms with van der Waals surface area (Å²) in [4.78, 5) is 20.9. The van der Waals surface area contributed by atoms with Crippen LogP contribution in [0.5, 0.6) is 11.5 Å². The van der Waals surface area contributed by atoms with Crippen molar-refractivity contribution in [2.45, 2.75) is 0 Å². The van der Waals surface area contributed by atoms with E-state index in [1.807, 2.05) is 0 Å². The lowest BCUT2D eigenvalue weighted by atomic mass is 10.2. The van der Waals surface area contributed by atoms with Gasteiger partial charge < -0.3 is 9.31 Å². The SMILES string of the molecule is O=Cc1ccc(OBOc2ccc(C=O)cc2F)c(F)c1. The number of hydrogen-bond acceptors (Lipinski definition) is 4. The van der Waals surface area contributed by atoms with Gasteiger partial charge in [-0.2, -0.15) is 0 Å². The van der Waals surface area contributed by atoms with Crippen LogP contribution in [0.2, 0.25) is 0 Å². The molecule has 0 amide bonds. The first-order valence-corrected chi connectivity index (χ1v) is 5.89. The summed E-state index contributed by atoms with van der Waals surface area (Å²) in [5, 5.41) is 0. The maximum absolute atomic E-state index is 13.5. The molecule has 2 aromatic rings. The Labute approximate surface area is 119 Å². The first-order chi connectivity index (χ1) is 10.1. The number of halogens is 2. The van der Waals surface area contributed by atoms with Gasteiger partial charge in [-0.05, 0) is 36.4 Å². The Kier molecular flexibility index (Phi) is 4.66. The van der Waals surface area contributed by atoms with E-state index in [9.17, 15) is 18.4 Å². The van der Waals surface area contributed by atoms with Crippen LogP contribution in [0.4, 0.5) is 8.78 Å². The molecule has 2 rings (SSSR count). The fraction of sp³-hybridized carbons (Fsp3) is 0. The Morgan fingerprint density at radius 3 is 1.57 bits per heavy atom. The molecule has 0 aliphatic carbocycles. The fourth-order valence-corrected chi connectivity index (χ4v) is 1.57. The number of hydrogen-bond donors (Lipinski definition) is 0. The Balaban J connectivity index is 1.98. The van der Waals surface area contributed by atoms with Crippen LogP contribution in [-0.2, 0) is 0 Å². The molecule has 7 heteroatoms. The van der Waals surface area contributed by atoms with Crippen molar-refractivity contribution in [3.8, 4) is 11.5 Å². The van der Waals surface area contributed by atoms with Crippen molar-refractivity contribution in [3.05, 3.63) is 59.2 Å². The number of carbonyl (C=O) groups excluding carboxylic acids is 2. The van der Waals surface area contributed by atoms with Crippen molar-refractivity contribution in [1.29, 1.82) is 0 Å². The Bertz CT molecular complexity index is 619. The molecule has 106 valence electrons. The molecule has 4 nitrogen and oxygen atoms in total. The van der Waals surface area contributed by atoms with E-state index in [0.717, 1.165) is 12.1 Å². The van der Waals surface area contributed by atoms with Crippen LogP contribution in [0.3, 0.4) is 0 Å². The Morgan fingerprint density at radius 1 is 0.810 bits per heavy atom. The van der Waals surface area contributed by atoms with Gasteiger partial charge >= 0.3 is 7.69 Å². The van der Waals surface area contributed by atoms with Gasteiger partial charge in [0, 0.05) is 11.1 Å². The zero-order chi connectivity index (χ0) is 15.2. The average molecular weight is 290 g/mol. The zero-order valence-electron chi connectivity index (χ0n) is 10.7. The molecule has 21 heavy (non-hydrogen) atoms. The topological polar surface area (TPSA) is 52.6 Å². The zero-order valence-corrected chi connectivity index (χ0v) is 10.7. The molecule has 0 unspecified atom stereocenters. The molecule has 0 bridgehead atoms. The summed E-state index contributed by atoms with van der Waals surface area (Å²) in [7, 11) is -0.422. The highest BCUT2D eigenvalue weighted by atomic mass is 19.1. The van der Waals surface area contributed by atoms with Gasteiger partial charge in [0.1, 0.15) is 24.1 Å². The second-order valence-corrected chi connectivity index (χ2v) is 4.02. The van der Waals surface area contributed by atoms with Crippen LogP contribution in [0.15, 0.2) is 36.4 Å². The molecular formula is C14H9BF2O4. The summed E-state index contributed by atoms with van der Waals surface area (Å²) >= 11 is 0. The van der Waals surface area contributed by atoms with Crippen LogP contribution in [0.1, 0.15) is 20.7 Å². The number of benzene rings is 2. The number of aldehydes is 2. The van der Waals surface area contributed by atoms with Crippen LogP contribution in [0.25, 0.3) is 0 Å². The molecule has 0 aliphatic heterocycles. The van der Waals surface area contributed by atoms with Crippen LogP contribution >= 0.6 is 0 Å². The smallest absolute Gasteiger partial charge is 0.526 e. The van der Waals surface area contributed by atoms with Crippen molar-refractivity contribution in [1.82, 2.24) is 0 Å². The highest BCUT2D eigenvalue weighted by Gasteiger charge is 2.09. The van der Waals surface area contributed by atoms with Gasteiger partial charge in [0.05, 0.1) is 0 Å². The van der Waals surface area contributed by atoms with Gasteiger partial charge in [0.15, 0.2) is 11.6 Å². The highest BCUT2D eigenvalue weighted by Crippen LogP contribution is 2.19. The molecule has 0 spiro atoms. The Morgan fingerprint density at radius 2 is 1.24 bits per heavy atom. The minimum absolute atomic E-state index is 0.120. The first-order valence-electron chi connectivity index (χ1n) is 5.89. The van der Waals surface area contributed by atoms with Crippen LogP contribution < -0.4 is 9.31 Å². The van der Waals surface area contributed by atoms with Gasteiger partial charge in [-0.25, -0.2) is 8.78 Å². The van der Waals surface area contributed by atoms with Crippen molar-refractivity contribution < 1.29 is 27.7 Å². The van der Waals surface area contributed by atoms with Crippen molar-refractivity contribution in [2.24, 2.45) is 0 Å². The van der Waals surface area contributed by atoms with Gasteiger partial charge in [-0.15, -0.1) is 0 Å². The fourth-order valence-electron chi connectivity index (χ4n) is 1.57. The molecular weight excluding hydrogens is 281 g/mol. The maximum Gasteiger partial charge on any atom is 0.576 e. The molecule has 0 heterocycles. The van der Waals surface area contributed by atoms with Gasteiger partial charge in [0.2, 0.25) is 0 Å². The first kappa shape index (κ1) is 14.7. The minimum Gasteiger partial charge on any atom is -0.526 e. The standard InChI is InChI=1S/C14H9BF2O4/c16-11-5-9(7-18)1-3-13(11)20-15-21-14-4-2-10(8-19)6-12(14)17/h1-8,15H. The predicted molar refractivity (Wildman–Crippen MR) is 72.0 cm³/mol. The number of carbonyl (C=O) groups is 2. The normalized spacial score (nSPS) is 9.81. The third-order valence-corrected chi connectivity index (χ3v) is 2.61. The van der Waals surface area contributed by atoms with Crippen molar-refractivity contribution >= 4 is 20.3 Å². The average Bonchev–Trinajstić information content (AvgIpc) is 2.50.